The molecule has 2 nitrogen and oxygen atoms in total. The molecule has 0 spiro atoms. The van der Waals surface area contributed by atoms with Gasteiger partial charge in [-0.25, -0.2) is 4.99 Å². The molecule has 4 heteroatoms. The Hall–Kier alpha value is -0.337. The molecular weight excluding hydrogens is 258 g/mol. The van der Waals surface area contributed by atoms with Gasteiger partial charge >= 0.3 is 0 Å². The molecule has 2 rings (SSSR count). The van der Waals surface area contributed by atoms with Gasteiger partial charge in [-0.3, -0.25) is 0 Å². The van der Waals surface area contributed by atoms with E-state index in [4.69, 9.17) is 12.2 Å². The molecule has 0 radical (unpaired) electrons. The molecule has 0 saturated carbocycles. The van der Waals surface area contributed by atoms with E-state index in [0.29, 0.717) is 5.11 Å². The van der Waals surface area contributed by atoms with Gasteiger partial charge in [0.1, 0.15) is 0 Å². The largest absolute Gasteiger partial charge is 0.349 e. The van der Waals surface area contributed by atoms with E-state index in [9.17, 15) is 0 Å². The van der Waals surface area contributed by atoms with Crippen molar-refractivity contribution >= 4 is 23.0 Å². The maximum absolute atomic E-state index is 5.07. The van der Waals surface area contributed by atoms with Crippen molar-refractivity contribution in [3.8, 4) is 0 Å². The summed E-state index contributed by atoms with van der Waals surface area (Å²) in [4.78, 5) is 4.37. The number of aliphatic imine (C=N–C) groups is 1. The van der Waals surface area contributed by atoms with Crippen LogP contribution < -0.4 is 5.32 Å². The molecule has 15 heavy (non-hydrogen) atoms. The van der Waals surface area contributed by atoms with Crippen LogP contribution in [0.1, 0.15) is 27.7 Å². The van der Waals surface area contributed by atoms with E-state index in [1.807, 2.05) is 0 Å². The van der Waals surface area contributed by atoms with Gasteiger partial charge in [-0.15, -0.1) is 0 Å². The molecule has 1 unspecified atom stereocenters. The van der Waals surface area contributed by atoms with Crippen molar-refractivity contribution in [1.29, 1.82) is 0 Å². The number of fused-ring (bicyclic) bond motifs is 1. The van der Waals surface area contributed by atoms with E-state index < -0.39 is 0 Å². The fourth-order valence-electron chi connectivity index (χ4n) is 2.00. The third kappa shape index (κ3) is 1.85. The van der Waals surface area contributed by atoms with Crippen molar-refractivity contribution in [2.24, 2.45) is 4.99 Å². The Morgan fingerprint density at radius 1 is 1.07 bits per heavy atom. The Labute approximate surface area is 109 Å². The van der Waals surface area contributed by atoms with Crippen molar-refractivity contribution in [3.05, 3.63) is 22.3 Å². The van der Waals surface area contributed by atoms with Crippen molar-refractivity contribution < 1.29 is 19.5 Å². The quantitative estimate of drug-likeness (QED) is 0.540. The standard InChI is InChI=1S/C11H14N2S.Zn/c1-5-6(2)8(4)10-9(7(5)3)12-11(14)13-10;/h9H,1-4H3,(H,12,14);. The smallest absolute Gasteiger partial charge is 0.193 e. The molecule has 0 aromatic rings. The number of hydrogen-bond acceptors (Lipinski definition) is 1. The zero-order valence-electron chi connectivity index (χ0n) is 9.64. The topological polar surface area (TPSA) is 24.4 Å². The number of hydrogen-bond donors (Lipinski definition) is 1. The van der Waals surface area contributed by atoms with E-state index in [2.05, 4.69) is 38.0 Å². The van der Waals surface area contributed by atoms with Crippen LogP contribution in [-0.4, -0.2) is 16.9 Å². The van der Waals surface area contributed by atoms with E-state index in [1.54, 1.807) is 0 Å². The first-order chi connectivity index (χ1) is 6.52. The molecular formula is C11H14N2SZn. The fourth-order valence-corrected chi connectivity index (χ4v) is 2.21. The average molecular weight is 272 g/mol. The summed E-state index contributed by atoms with van der Waals surface area (Å²) in [5, 5.41) is 3.84. The van der Waals surface area contributed by atoms with Crippen LogP contribution in [0.3, 0.4) is 0 Å². The number of nitrogens with zero attached hydrogens (tertiary/aromatic N) is 1. The van der Waals surface area contributed by atoms with Crippen LogP contribution in [0.4, 0.5) is 0 Å². The Morgan fingerprint density at radius 3 is 2.27 bits per heavy atom. The van der Waals surface area contributed by atoms with Crippen LogP contribution in [0, 0.1) is 0 Å². The summed E-state index contributed by atoms with van der Waals surface area (Å²) >= 11 is 5.07. The first-order valence-electron chi connectivity index (χ1n) is 4.77. The summed E-state index contributed by atoms with van der Waals surface area (Å²) in [5.41, 5.74) is 6.42. The molecule has 1 aliphatic carbocycles. The van der Waals surface area contributed by atoms with Gasteiger partial charge in [0, 0.05) is 19.5 Å². The van der Waals surface area contributed by atoms with Gasteiger partial charge in [0.25, 0.3) is 0 Å². The molecule has 0 amide bonds. The van der Waals surface area contributed by atoms with Crippen LogP contribution >= 0.6 is 12.2 Å². The van der Waals surface area contributed by atoms with Gasteiger partial charge in [0.05, 0.1) is 11.8 Å². The molecule has 1 aliphatic heterocycles. The maximum Gasteiger partial charge on any atom is 0.193 e. The van der Waals surface area contributed by atoms with E-state index in [-0.39, 0.29) is 25.5 Å². The second-order valence-electron chi connectivity index (χ2n) is 3.94. The number of nitrogens with one attached hydrogen (secondary N) is 1. The summed E-state index contributed by atoms with van der Waals surface area (Å²) in [5.74, 6) is 0. The zero-order chi connectivity index (χ0) is 10.5. The molecule has 0 saturated heterocycles. The number of rotatable bonds is 0. The summed E-state index contributed by atoms with van der Waals surface area (Å²) in [6.07, 6.45) is 0. The zero-order valence-corrected chi connectivity index (χ0v) is 13.4. The molecule has 1 N–H and O–H groups in total. The van der Waals surface area contributed by atoms with Crippen LogP contribution in [0.25, 0.3) is 0 Å². The molecule has 1 atom stereocenters. The average Bonchev–Trinajstić information content (AvgIpc) is 2.54. The van der Waals surface area contributed by atoms with Crippen molar-refractivity contribution in [2.75, 3.05) is 0 Å². The summed E-state index contributed by atoms with van der Waals surface area (Å²) in [6.45, 7) is 8.57. The molecule has 1 heterocycles. The summed E-state index contributed by atoms with van der Waals surface area (Å²) in [7, 11) is 0. The second-order valence-corrected chi connectivity index (χ2v) is 4.32. The molecule has 0 bridgehead atoms. The number of allylic oxidation sites excluding steroid dienone is 2. The molecule has 0 aromatic carbocycles. The summed E-state index contributed by atoms with van der Waals surface area (Å²) in [6, 6.07) is 0.228. The van der Waals surface area contributed by atoms with Gasteiger partial charge in [0.2, 0.25) is 0 Å². The minimum absolute atomic E-state index is 0. The first kappa shape index (κ1) is 12.7. The Bertz CT molecular complexity index is 418. The molecule has 76 valence electrons. The van der Waals surface area contributed by atoms with Crippen LogP contribution in [0.2, 0.25) is 0 Å². The van der Waals surface area contributed by atoms with E-state index in [1.165, 1.54) is 22.3 Å². The minimum Gasteiger partial charge on any atom is -0.349 e. The fraction of sp³-hybridized carbons (Fsp3) is 0.455. The predicted octanol–water partition coefficient (Wildman–Crippen LogP) is 2.37. The second kappa shape index (κ2) is 4.27. The minimum atomic E-state index is 0. The van der Waals surface area contributed by atoms with Gasteiger partial charge < -0.3 is 5.32 Å². The van der Waals surface area contributed by atoms with Crippen molar-refractivity contribution in [3.63, 3.8) is 0 Å². The normalized spacial score (nSPS) is 24.7. The first-order valence-corrected chi connectivity index (χ1v) is 5.18. The van der Waals surface area contributed by atoms with E-state index in [0.717, 1.165) is 5.71 Å². The van der Waals surface area contributed by atoms with Crippen LogP contribution in [-0.2, 0) is 19.5 Å². The van der Waals surface area contributed by atoms with Gasteiger partial charge in [-0.2, -0.15) is 0 Å². The van der Waals surface area contributed by atoms with Gasteiger partial charge in [0.15, 0.2) is 5.11 Å². The number of thiocarbonyl (C=S) groups is 1. The molecule has 2 aliphatic rings. The van der Waals surface area contributed by atoms with Crippen LogP contribution in [0.15, 0.2) is 27.3 Å². The summed E-state index contributed by atoms with van der Waals surface area (Å²) < 4.78 is 0. The third-order valence-corrected chi connectivity index (χ3v) is 3.51. The van der Waals surface area contributed by atoms with Gasteiger partial charge in [-0.1, -0.05) is 0 Å². The SMILES string of the molecule is CC1=C(C)C(C)=C(C)C2NC(=S)N=C12.[Zn]. The Morgan fingerprint density at radius 2 is 1.67 bits per heavy atom. The molecule has 0 fully saturated rings. The predicted molar refractivity (Wildman–Crippen MR) is 63.7 cm³/mol. The Balaban J connectivity index is 0.00000112. The van der Waals surface area contributed by atoms with Crippen LogP contribution in [0.5, 0.6) is 0 Å². The maximum atomic E-state index is 5.07. The van der Waals surface area contributed by atoms with Gasteiger partial charge in [-0.05, 0) is 62.2 Å². The van der Waals surface area contributed by atoms with Crippen molar-refractivity contribution in [1.82, 2.24) is 5.32 Å². The van der Waals surface area contributed by atoms with E-state index >= 15 is 0 Å². The Kier molecular flexibility index (Phi) is 3.62. The molecule has 0 aromatic heterocycles. The van der Waals surface area contributed by atoms with Crippen molar-refractivity contribution in [2.45, 2.75) is 33.7 Å². The third-order valence-electron chi connectivity index (χ3n) is 3.30. The monoisotopic (exact) mass is 270 g/mol.